The molecule has 0 unspecified atom stereocenters. The van der Waals surface area contributed by atoms with Gasteiger partial charge in [0, 0.05) is 3.57 Å². The van der Waals surface area contributed by atoms with Crippen LogP contribution in [0.3, 0.4) is 0 Å². The predicted molar refractivity (Wildman–Crippen MR) is 137 cm³/mol. The van der Waals surface area contributed by atoms with Crippen LogP contribution in [0, 0.1) is 37.7 Å². The van der Waals surface area contributed by atoms with Crippen molar-refractivity contribution in [1.82, 2.24) is 0 Å². The number of carbonyl (C=O) groups excluding carboxylic acids is 1. The smallest absolute Gasteiger partial charge is 0.347 e. The highest BCUT2D eigenvalue weighted by atomic mass is 127. The topological polar surface area (TPSA) is 104 Å². The number of aromatic hydroxyl groups is 1. The minimum absolute atomic E-state index is 0.0102. The van der Waals surface area contributed by atoms with Crippen LogP contribution in [0.2, 0.25) is 0 Å². The fourth-order valence-electron chi connectivity index (χ4n) is 6.62. The van der Waals surface area contributed by atoms with Gasteiger partial charge in [0.2, 0.25) is 0 Å². The summed E-state index contributed by atoms with van der Waals surface area (Å²) in [6.45, 7) is 1.74. The first-order valence-electron chi connectivity index (χ1n) is 11.0. The van der Waals surface area contributed by atoms with Crippen LogP contribution in [0.4, 0.5) is 0 Å². The van der Waals surface area contributed by atoms with Gasteiger partial charge in [-0.25, -0.2) is 13.2 Å². The van der Waals surface area contributed by atoms with Gasteiger partial charge < -0.3 is 14.4 Å². The van der Waals surface area contributed by atoms with Crippen molar-refractivity contribution in [2.24, 2.45) is 23.7 Å². The number of rotatable bonds is 4. The van der Waals surface area contributed by atoms with E-state index in [0.717, 1.165) is 29.3 Å². The average molecular weight is 693 g/mol. The Labute approximate surface area is 220 Å². The first-order valence-corrected chi connectivity index (χ1v) is 14.6. The lowest BCUT2D eigenvalue weighted by molar-refractivity contribution is -0.00374. The van der Waals surface area contributed by atoms with Gasteiger partial charge in [-0.1, -0.05) is 0 Å². The Morgan fingerprint density at radius 1 is 1.03 bits per heavy atom. The summed E-state index contributed by atoms with van der Waals surface area (Å²) in [4.78, 5) is 12.8. The molecule has 6 rings (SSSR count). The van der Waals surface area contributed by atoms with Crippen LogP contribution in [-0.4, -0.2) is 24.0 Å². The lowest BCUT2D eigenvalue weighted by Gasteiger charge is -2.55. The lowest BCUT2D eigenvalue weighted by atomic mass is 9.51. The molecule has 0 aliphatic heterocycles. The maximum absolute atomic E-state index is 13.0. The summed E-state index contributed by atoms with van der Waals surface area (Å²) in [5.41, 5.74) is 1.18. The van der Waals surface area contributed by atoms with Gasteiger partial charge in [0.1, 0.15) is 27.2 Å². The Kier molecular flexibility index (Phi) is 6.23. The molecule has 6 nitrogen and oxygen atoms in total. The predicted octanol–water partition coefficient (Wildman–Crippen LogP) is 5.57. The molecule has 0 heterocycles. The van der Waals surface area contributed by atoms with E-state index in [-0.39, 0.29) is 27.9 Å². The van der Waals surface area contributed by atoms with Crippen LogP contribution in [-0.2, 0) is 10.1 Å². The summed E-state index contributed by atoms with van der Waals surface area (Å²) in [6.07, 6.45) is 5.52. The monoisotopic (exact) mass is 693 g/mol. The highest BCUT2D eigenvalue weighted by Crippen LogP contribution is 2.60. The van der Waals surface area contributed by atoms with Crippen molar-refractivity contribution < 1.29 is 27.6 Å². The van der Waals surface area contributed by atoms with E-state index in [9.17, 15) is 22.9 Å². The van der Waals surface area contributed by atoms with E-state index in [1.165, 1.54) is 18.6 Å². The molecule has 0 saturated heterocycles. The van der Waals surface area contributed by atoms with Crippen molar-refractivity contribution in [3.8, 4) is 11.5 Å². The number of hydrogen-bond donors (Lipinski definition) is 1. The van der Waals surface area contributed by atoms with Crippen molar-refractivity contribution in [2.75, 3.05) is 0 Å². The van der Waals surface area contributed by atoms with Crippen LogP contribution < -0.4 is 4.74 Å². The highest BCUT2D eigenvalue weighted by Gasteiger charge is 2.49. The van der Waals surface area contributed by atoms with Crippen LogP contribution >= 0.6 is 45.2 Å². The van der Waals surface area contributed by atoms with Crippen molar-refractivity contribution in [3.63, 3.8) is 0 Å². The molecule has 176 valence electrons. The molecule has 0 atom stereocenters. The Morgan fingerprint density at radius 3 is 2.21 bits per heavy atom. The summed E-state index contributed by atoms with van der Waals surface area (Å²) in [5, 5.41) is 10.5. The molecular weight excluding hydrogens is 670 g/mol. The largest absolute Gasteiger partial charge is 0.744 e. The van der Waals surface area contributed by atoms with Gasteiger partial charge in [-0.15, -0.1) is 0 Å². The van der Waals surface area contributed by atoms with Crippen LogP contribution in [0.1, 0.15) is 59.5 Å². The quantitative estimate of drug-likeness (QED) is 0.195. The molecule has 0 amide bonds. The van der Waals surface area contributed by atoms with Crippen molar-refractivity contribution in [2.45, 2.75) is 49.8 Å². The lowest BCUT2D eigenvalue weighted by Crippen LogP contribution is -2.44. The van der Waals surface area contributed by atoms with Crippen LogP contribution in [0.25, 0.3) is 0 Å². The number of benzene rings is 2. The number of hydrogen-bond acceptors (Lipinski definition) is 6. The Balaban J connectivity index is 1.53. The van der Waals surface area contributed by atoms with Crippen molar-refractivity contribution in [1.29, 1.82) is 0 Å². The molecule has 2 aromatic carbocycles. The Morgan fingerprint density at radius 2 is 1.64 bits per heavy atom. The Bertz CT molecular complexity index is 1200. The minimum atomic E-state index is -4.67. The fraction of sp³-hybridized carbons (Fsp3) is 0.458. The van der Waals surface area contributed by atoms with Gasteiger partial charge in [-0.05, 0) is 149 Å². The SMILES string of the molecule is Cc1c(I)cc(I)c(O)c1C(=O)Oc1ccc(S(=O)(=O)[O-])c(C2C3CC4CC(C3)CC2C4)c1. The molecule has 33 heavy (non-hydrogen) atoms. The van der Waals surface area contributed by atoms with Gasteiger partial charge in [0.15, 0.2) is 0 Å². The fourth-order valence-corrected chi connectivity index (χ4v) is 9.10. The van der Waals surface area contributed by atoms with E-state index >= 15 is 0 Å². The van der Waals surface area contributed by atoms with E-state index in [4.69, 9.17) is 4.74 Å². The highest BCUT2D eigenvalue weighted by molar-refractivity contribution is 14.1. The van der Waals surface area contributed by atoms with Gasteiger partial charge in [0.25, 0.3) is 0 Å². The standard InChI is InChI=1S/C24H24I2O6S/c1-11-18(25)10-19(26)23(27)21(11)24(28)32-16-2-3-20(33(29,30)31)17(9-16)22-14-5-12-4-13(7-14)8-15(22)6-12/h2-3,9-10,12-15,22,27H,4-8H2,1H3,(H,29,30,31)/p-1. The summed E-state index contributed by atoms with van der Waals surface area (Å²) >= 11 is 4.06. The van der Waals surface area contributed by atoms with Gasteiger partial charge in [-0.3, -0.25) is 0 Å². The molecule has 9 heteroatoms. The van der Waals surface area contributed by atoms with E-state index in [2.05, 4.69) is 22.6 Å². The number of halogens is 2. The third kappa shape index (κ3) is 4.31. The average Bonchev–Trinajstić information content (AvgIpc) is 2.71. The second-order valence-electron chi connectivity index (χ2n) is 9.69. The van der Waals surface area contributed by atoms with Crippen LogP contribution in [0.15, 0.2) is 29.2 Å². The molecule has 4 saturated carbocycles. The third-order valence-electron chi connectivity index (χ3n) is 7.70. The number of carbonyl (C=O) groups is 1. The maximum Gasteiger partial charge on any atom is 0.347 e. The maximum atomic E-state index is 13.0. The zero-order valence-corrected chi connectivity index (χ0v) is 23.0. The number of esters is 1. The first kappa shape index (κ1) is 23.8. The number of phenols is 1. The molecule has 0 radical (unpaired) electrons. The summed E-state index contributed by atoms with van der Waals surface area (Å²) in [5.74, 6) is 1.44. The summed E-state index contributed by atoms with van der Waals surface area (Å²) in [7, 11) is -4.67. The third-order valence-corrected chi connectivity index (χ3v) is 10.6. The number of phenolic OH excluding ortho intramolecular Hbond substituents is 1. The van der Waals surface area contributed by atoms with E-state index in [1.54, 1.807) is 19.1 Å². The van der Waals surface area contributed by atoms with Crippen molar-refractivity contribution in [3.05, 3.63) is 48.1 Å². The molecule has 2 aromatic rings. The second-order valence-corrected chi connectivity index (χ2v) is 13.4. The van der Waals surface area contributed by atoms with E-state index in [1.807, 2.05) is 22.6 Å². The summed E-state index contributed by atoms with van der Waals surface area (Å²) in [6, 6.07) is 5.98. The molecular formula is C24H23I2O6S-. The molecule has 4 fully saturated rings. The second kappa shape index (κ2) is 8.63. The molecule has 4 aliphatic rings. The van der Waals surface area contributed by atoms with Crippen molar-refractivity contribution >= 4 is 61.3 Å². The zero-order valence-electron chi connectivity index (χ0n) is 17.9. The van der Waals surface area contributed by atoms with Gasteiger partial charge in [-0.2, -0.15) is 0 Å². The zero-order chi connectivity index (χ0) is 23.7. The molecule has 0 aromatic heterocycles. The van der Waals surface area contributed by atoms with E-state index < -0.39 is 16.1 Å². The normalized spacial score (nSPS) is 28.2. The van der Waals surface area contributed by atoms with Gasteiger partial charge in [0.05, 0.1) is 8.47 Å². The molecule has 4 bridgehead atoms. The molecule has 1 N–H and O–H groups in total. The number of ether oxygens (including phenoxy) is 1. The van der Waals surface area contributed by atoms with E-state index in [0.29, 0.717) is 38.4 Å². The first-order chi connectivity index (χ1) is 15.5. The molecule has 0 spiro atoms. The van der Waals surface area contributed by atoms with Gasteiger partial charge >= 0.3 is 5.97 Å². The Hall–Kier alpha value is -0.920. The summed E-state index contributed by atoms with van der Waals surface area (Å²) < 4.78 is 43.3. The minimum Gasteiger partial charge on any atom is -0.744 e. The van der Waals surface area contributed by atoms with Crippen LogP contribution in [0.5, 0.6) is 11.5 Å². The molecule has 4 aliphatic carbocycles.